The van der Waals surface area contributed by atoms with Crippen molar-refractivity contribution in [3.8, 4) is 28.4 Å². The van der Waals surface area contributed by atoms with E-state index in [-0.39, 0.29) is 5.91 Å². The van der Waals surface area contributed by atoms with E-state index in [0.29, 0.717) is 17.9 Å². The van der Waals surface area contributed by atoms with Crippen molar-refractivity contribution in [3.63, 3.8) is 0 Å². The Morgan fingerprint density at radius 1 is 0.941 bits per heavy atom. The molecule has 0 saturated heterocycles. The van der Waals surface area contributed by atoms with Gasteiger partial charge in [0, 0.05) is 35.2 Å². The standard InChI is InChI=1S/C28H27NO5/c1-18(11-28(30)29-16-19-7-5-9-21(12-19)31-2)23-14-24-25(17-34-27(24)15-26(23)33-4)20-8-6-10-22(13-20)32-3/h5-15,17H,16H2,1-4H3,(H,29,30)/b18-11+. The number of methoxy groups -OCH3 is 3. The topological polar surface area (TPSA) is 69.9 Å². The van der Waals surface area contributed by atoms with Crippen LogP contribution in [0, 0.1) is 0 Å². The minimum Gasteiger partial charge on any atom is -0.497 e. The van der Waals surface area contributed by atoms with Crippen molar-refractivity contribution in [1.82, 2.24) is 5.32 Å². The average Bonchev–Trinajstić information content (AvgIpc) is 3.29. The fourth-order valence-corrected chi connectivity index (χ4v) is 3.84. The van der Waals surface area contributed by atoms with E-state index in [9.17, 15) is 4.79 Å². The number of amides is 1. The molecule has 1 amide bonds. The number of rotatable bonds is 8. The lowest BCUT2D eigenvalue weighted by Gasteiger charge is -2.11. The Labute approximate surface area is 198 Å². The molecule has 0 bridgehead atoms. The zero-order valence-electron chi connectivity index (χ0n) is 19.7. The van der Waals surface area contributed by atoms with Crippen molar-refractivity contribution < 1.29 is 23.4 Å². The normalized spacial score (nSPS) is 11.4. The molecule has 0 unspecified atom stereocenters. The smallest absolute Gasteiger partial charge is 0.244 e. The summed E-state index contributed by atoms with van der Waals surface area (Å²) >= 11 is 0. The highest BCUT2D eigenvalue weighted by Crippen LogP contribution is 2.38. The minimum atomic E-state index is -0.192. The Balaban J connectivity index is 1.62. The molecule has 0 fully saturated rings. The zero-order valence-corrected chi connectivity index (χ0v) is 19.7. The first-order valence-corrected chi connectivity index (χ1v) is 10.9. The SMILES string of the molecule is COc1cccc(CNC(=O)/C=C(\C)c2cc3c(-c4cccc(OC)c4)coc3cc2OC)c1. The number of benzene rings is 3. The molecule has 1 aromatic heterocycles. The minimum absolute atomic E-state index is 0.192. The summed E-state index contributed by atoms with van der Waals surface area (Å²) < 4.78 is 22.0. The fourth-order valence-electron chi connectivity index (χ4n) is 3.84. The lowest BCUT2D eigenvalue weighted by molar-refractivity contribution is -0.116. The Morgan fingerprint density at radius 3 is 2.41 bits per heavy atom. The maximum atomic E-state index is 12.6. The number of nitrogens with one attached hydrogen (secondary N) is 1. The van der Waals surface area contributed by atoms with Gasteiger partial charge in [0.2, 0.25) is 5.91 Å². The van der Waals surface area contributed by atoms with Gasteiger partial charge >= 0.3 is 0 Å². The number of hydrogen-bond acceptors (Lipinski definition) is 5. The highest BCUT2D eigenvalue weighted by Gasteiger charge is 2.15. The van der Waals surface area contributed by atoms with E-state index in [2.05, 4.69) is 5.32 Å². The van der Waals surface area contributed by atoms with Crippen LogP contribution in [0.2, 0.25) is 0 Å². The van der Waals surface area contributed by atoms with Gasteiger partial charge in [0.15, 0.2) is 0 Å². The van der Waals surface area contributed by atoms with Crippen LogP contribution >= 0.6 is 0 Å². The first-order chi connectivity index (χ1) is 16.5. The molecule has 0 aliphatic rings. The van der Waals surface area contributed by atoms with Crippen molar-refractivity contribution in [2.75, 3.05) is 21.3 Å². The van der Waals surface area contributed by atoms with Gasteiger partial charge in [-0.1, -0.05) is 24.3 Å². The quantitative estimate of drug-likeness (QED) is 0.336. The number of fused-ring (bicyclic) bond motifs is 1. The highest BCUT2D eigenvalue weighted by atomic mass is 16.5. The van der Waals surface area contributed by atoms with Crippen LogP contribution in [-0.4, -0.2) is 27.2 Å². The highest BCUT2D eigenvalue weighted by molar-refractivity contribution is 6.00. The third kappa shape index (κ3) is 4.91. The summed E-state index contributed by atoms with van der Waals surface area (Å²) in [4.78, 5) is 12.6. The molecule has 4 aromatic rings. The number of ether oxygens (including phenoxy) is 3. The van der Waals surface area contributed by atoms with Crippen LogP contribution in [0.4, 0.5) is 0 Å². The number of carbonyl (C=O) groups excluding carboxylic acids is 1. The summed E-state index contributed by atoms with van der Waals surface area (Å²) in [6.45, 7) is 2.29. The molecule has 6 heteroatoms. The van der Waals surface area contributed by atoms with Gasteiger partial charge in [-0.05, 0) is 54.0 Å². The van der Waals surface area contributed by atoms with Crippen LogP contribution in [0.3, 0.4) is 0 Å². The number of furan rings is 1. The molecule has 0 aliphatic carbocycles. The van der Waals surface area contributed by atoms with E-state index in [4.69, 9.17) is 18.6 Å². The fraction of sp³-hybridized carbons (Fsp3) is 0.179. The Bertz CT molecular complexity index is 1350. The molecule has 6 nitrogen and oxygen atoms in total. The van der Waals surface area contributed by atoms with Gasteiger partial charge in [-0.3, -0.25) is 4.79 Å². The van der Waals surface area contributed by atoms with Crippen LogP contribution in [0.1, 0.15) is 18.1 Å². The second kappa shape index (κ2) is 10.2. The van der Waals surface area contributed by atoms with Crippen LogP contribution < -0.4 is 19.5 Å². The third-order valence-electron chi connectivity index (χ3n) is 5.65. The van der Waals surface area contributed by atoms with E-state index < -0.39 is 0 Å². The van der Waals surface area contributed by atoms with Crippen LogP contribution in [-0.2, 0) is 11.3 Å². The predicted octanol–water partition coefficient (Wildman–Crippen LogP) is 5.85. The van der Waals surface area contributed by atoms with Gasteiger partial charge in [-0.2, -0.15) is 0 Å². The van der Waals surface area contributed by atoms with Crippen molar-refractivity contribution in [2.45, 2.75) is 13.5 Å². The molecule has 34 heavy (non-hydrogen) atoms. The third-order valence-corrected chi connectivity index (χ3v) is 5.65. The summed E-state index contributed by atoms with van der Waals surface area (Å²) in [5.41, 5.74) is 5.17. The van der Waals surface area contributed by atoms with Gasteiger partial charge < -0.3 is 23.9 Å². The van der Waals surface area contributed by atoms with E-state index in [1.54, 1.807) is 33.7 Å². The molecule has 0 aliphatic heterocycles. The maximum absolute atomic E-state index is 12.6. The summed E-state index contributed by atoms with van der Waals surface area (Å²) in [6.07, 6.45) is 3.30. The van der Waals surface area contributed by atoms with E-state index >= 15 is 0 Å². The molecule has 1 N–H and O–H groups in total. The van der Waals surface area contributed by atoms with Crippen LogP contribution in [0.5, 0.6) is 17.2 Å². The Morgan fingerprint density at radius 2 is 1.68 bits per heavy atom. The first-order valence-electron chi connectivity index (χ1n) is 10.9. The van der Waals surface area contributed by atoms with Crippen molar-refractivity contribution >= 4 is 22.4 Å². The molecule has 0 saturated carbocycles. The molecule has 174 valence electrons. The molecule has 0 radical (unpaired) electrons. The van der Waals surface area contributed by atoms with Gasteiger partial charge in [0.05, 0.1) is 27.6 Å². The lowest BCUT2D eigenvalue weighted by atomic mass is 9.99. The number of hydrogen-bond donors (Lipinski definition) is 1. The lowest BCUT2D eigenvalue weighted by Crippen LogP contribution is -2.20. The molecule has 3 aromatic carbocycles. The van der Waals surface area contributed by atoms with Crippen molar-refractivity contribution in [3.05, 3.63) is 84.1 Å². The Hall–Kier alpha value is -4.19. The van der Waals surface area contributed by atoms with Gasteiger partial charge in [0.1, 0.15) is 22.8 Å². The maximum Gasteiger partial charge on any atom is 0.244 e. The molecular weight excluding hydrogens is 430 g/mol. The molecule has 0 spiro atoms. The van der Waals surface area contributed by atoms with Gasteiger partial charge in [0.25, 0.3) is 0 Å². The summed E-state index contributed by atoms with van der Waals surface area (Å²) in [6, 6.07) is 19.2. The van der Waals surface area contributed by atoms with E-state index in [0.717, 1.165) is 44.7 Å². The zero-order chi connectivity index (χ0) is 24.1. The van der Waals surface area contributed by atoms with E-state index in [1.807, 2.05) is 67.6 Å². The average molecular weight is 458 g/mol. The molecule has 0 atom stereocenters. The van der Waals surface area contributed by atoms with Gasteiger partial charge in [-0.15, -0.1) is 0 Å². The van der Waals surface area contributed by atoms with Crippen LogP contribution in [0.25, 0.3) is 27.7 Å². The second-order valence-electron chi connectivity index (χ2n) is 7.83. The van der Waals surface area contributed by atoms with Crippen LogP contribution in [0.15, 0.2) is 77.4 Å². The largest absolute Gasteiger partial charge is 0.497 e. The van der Waals surface area contributed by atoms with Crippen molar-refractivity contribution in [1.29, 1.82) is 0 Å². The predicted molar refractivity (Wildman–Crippen MR) is 133 cm³/mol. The molecule has 4 rings (SSSR count). The first kappa shape index (κ1) is 23.0. The number of allylic oxidation sites excluding steroid dienone is 1. The monoisotopic (exact) mass is 457 g/mol. The van der Waals surface area contributed by atoms with Crippen molar-refractivity contribution in [2.24, 2.45) is 0 Å². The van der Waals surface area contributed by atoms with E-state index in [1.165, 1.54) is 0 Å². The molecular formula is C28H27NO5. The summed E-state index contributed by atoms with van der Waals surface area (Å²) in [5.74, 6) is 1.96. The Kier molecular flexibility index (Phi) is 6.87. The second-order valence-corrected chi connectivity index (χ2v) is 7.83. The molecule has 1 heterocycles. The number of carbonyl (C=O) groups is 1. The summed E-state index contributed by atoms with van der Waals surface area (Å²) in [5, 5.41) is 3.85. The summed E-state index contributed by atoms with van der Waals surface area (Å²) in [7, 11) is 4.86. The van der Waals surface area contributed by atoms with Gasteiger partial charge in [-0.25, -0.2) is 0 Å².